The van der Waals surface area contributed by atoms with Crippen LogP contribution in [0.25, 0.3) is 0 Å². The first-order valence-electron chi connectivity index (χ1n) is 9.96. The summed E-state index contributed by atoms with van der Waals surface area (Å²) in [6, 6.07) is 9.61. The maximum absolute atomic E-state index is 13.0. The number of rotatable bonds is 4. The molecular weight excluding hydrogens is 356 g/mol. The van der Waals surface area contributed by atoms with E-state index < -0.39 is 6.10 Å². The molecular formula is C21H28N4O3. The van der Waals surface area contributed by atoms with E-state index in [1.54, 1.807) is 0 Å². The van der Waals surface area contributed by atoms with Gasteiger partial charge in [-0.1, -0.05) is 12.1 Å². The zero-order valence-corrected chi connectivity index (χ0v) is 16.8. The molecule has 0 N–H and O–H groups in total. The van der Waals surface area contributed by atoms with Gasteiger partial charge >= 0.3 is 0 Å². The second-order valence-corrected chi connectivity index (χ2v) is 7.63. The molecule has 2 aliphatic heterocycles. The summed E-state index contributed by atoms with van der Waals surface area (Å²) >= 11 is 0. The van der Waals surface area contributed by atoms with Crippen LogP contribution in [-0.4, -0.2) is 70.4 Å². The van der Waals surface area contributed by atoms with Gasteiger partial charge in [0.15, 0.2) is 11.5 Å². The molecule has 0 saturated carbocycles. The van der Waals surface area contributed by atoms with Gasteiger partial charge in [-0.3, -0.25) is 14.4 Å². The molecule has 4 rings (SSSR count). The average Bonchev–Trinajstić information content (AvgIpc) is 3.02. The van der Waals surface area contributed by atoms with Crippen molar-refractivity contribution < 1.29 is 14.3 Å². The lowest BCUT2D eigenvalue weighted by molar-refractivity contribution is -0.146. The van der Waals surface area contributed by atoms with E-state index >= 15 is 0 Å². The maximum atomic E-state index is 13.0. The molecule has 28 heavy (non-hydrogen) atoms. The van der Waals surface area contributed by atoms with E-state index in [0.29, 0.717) is 24.6 Å². The topological polar surface area (TPSA) is 59.8 Å². The lowest BCUT2D eigenvalue weighted by atomic mass is 10.1. The first kappa shape index (κ1) is 18.8. The first-order valence-corrected chi connectivity index (χ1v) is 9.96. The molecule has 2 aliphatic rings. The van der Waals surface area contributed by atoms with Crippen LogP contribution in [0.4, 0.5) is 0 Å². The predicted molar refractivity (Wildman–Crippen MR) is 106 cm³/mol. The Balaban J connectivity index is 1.30. The van der Waals surface area contributed by atoms with E-state index in [9.17, 15) is 4.79 Å². The minimum Gasteiger partial charge on any atom is -0.482 e. The first-order chi connectivity index (χ1) is 13.5. The van der Waals surface area contributed by atoms with Crippen molar-refractivity contribution in [2.24, 2.45) is 0 Å². The number of ether oxygens (including phenoxy) is 2. The molecule has 2 atom stereocenters. The number of hydrogen-bond acceptors (Lipinski definition) is 5. The summed E-state index contributed by atoms with van der Waals surface area (Å²) in [4.78, 5) is 17.3. The van der Waals surface area contributed by atoms with E-state index in [1.165, 1.54) is 5.69 Å². The van der Waals surface area contributed by atoms with Crippen LogP contribution in [0.5, 0.6) is 11.5 Å². The molecule has 2 aromatic rings. The van der Waals surface area contributed by atoms with E-state index in [-0.39, 0.29) is 12.0 Å². The van der Waals surface area contributed by atoms with Crippen molar-refractivity contribution in [3.63, 3.8) is 0 Å². The van der Waals surface area contributed by atoms with Crippen LogP contribution < -0.4 is 9.47 Å². The highest BCUT2D eigenvalue weighted by atomic mass is 16.6. The molecule has 7 heteroatoms. The molecule has 2 unspecified atom stereocenters. The minimum atomic E-state index is -0.587. The molecule has 1 aromatic heterocycles. The van der Waals surface area contributed by atoms with E-state index in [1.807, 2.05) is 43.0 Å². The van der Waals surface area contributed by atoms with Gasteiger partial charge in [-0.2, -0.15) is 5.10 Å². The number of carbonyl (C=O) groups is 1. The Morgan fingerprint density at radius 2 is 1.75 bits per heavy atom. The standard InChI is InChI=1S/C21H28N4O3/c1-15-14-16(2)25(22-15)13-10-23-8-11-24(12-9-23)21(26)20-17(3)27-18-6-4-5-7-19(18)28-20/h4-7,14,17,20H,8-13H2,1-3H3. The number of fused-ring (bicyclic) bond motifs is 1. The second kappa shape index (κ2) is 7.83. The van der Waals surface area contributed by atoms with Crippen LogP contribution in [0.3, 0.4) is 0 Å². The lowest BCUT2D eigenvalue weighted by Gasteiger charge is -2.38. The molecule has 1 saturated heterocycles. The summed E-state index contributed by atoms with van der Waals surface area (Å²) in [5, 5.41) is 4.52. The van der Waals surface area contributed by atoms with Crippen LogP contribution in [0.2, 0.25) is 0 Å². The zero-order valence-electron chi connectivity index (χ0n) is 16.8. The van der Waals surface area contributed by atoms with Crippen molar-refractivity contribution in [2.45, 2.75) is 39.5 Å². The van der Waals surface area contributed by atoms with Crippen molar-refractivity contribution in [2.75, 3.05) is 32.7 Å². The quantitative estimate of drug-likeness (QED) is 0.806. The van der Waals surface area contributed by atoms with Crippen LogP contribution >= 0.6 is 0 Å². The number of para-hydroxylation sites is 2. The normalized spacial score (nSPS) is 22.3. The van der Waals surface area contributed by atoms with Gasteiger partial charge in [0, 0.05) is 38.4 Å². The van der Waals surface area contributed by atoms with E-state index in [0.717, 1.165) is 31.9 Å². The summed E-state index contributed by atoms with van der Waals surface area (Å²) in [6.45, 7) is 11.0. The highest BCUT2D eigenvalue weighted by Crippen LogP contribution is 2.34. The summed E-state index contributed by atoms with van der Waals surface area (Å²) in [6.07, 6.45) is -0.886. The smallest absolute Gasteiger partial charge is 0.267 e. The van der Waals surface area contributed by atoms with Crippen molar-refractivity contribution in [3.05, 3.63) is 41.7 Å². The average molecular weight is 384 g/mol. The Labute approximate surface area is 165 Å². The molecule has 1 aromatic carbocycles. The van der Waals surface area contributed by atoms with E-state index in [4.69, 9.17) is 9.47 Å². The highest BCUT2D eigenvalue weighted by molar-refractivity contribution is 5.82. The molecule has 7 nitrogen and oxygen atoms in total. The fraction of sp³-hybridized carbons (Fsp3) is 0.524. The van der Waals surface area contributed by atoms with Crippen LogP contribution in [0.1, 0.15) is 18.3 Å². The third-order valence-corrected chi connectivity index (χ3v) is 5.50. The minimum absolute atomic E-state index is 0.0141. The Bertz CT molecular complexity index is 842. The fourth-order valence-electron chi connectivity index (χ4n) is 3.90. The number of benzene rings is 1. The zero-order chi connectivity index (χ0) is 19.7. The summed E-state index contributed by atoms with van der Waals surface area (Å²) in [7, 11) is 0. The monoisotopic (exact) mass is 384 g/mol. The van der Waals surface area contributed by atoms with E-state index in [2.05, 4.69) is 27.7 Å². The molecule has 0 spiro atoms. The second-order valence-electron chi connectivity index (χ2n) is 7.63. The molecule has 0 aliphatic carbocycles. The number of hydrogen-bond donors (Lipinski definition) is 0. The Kier molecular flexibility index (Phi) is 5.26. The van der Waals surface area contributed by atoms with Gasteiger partial charge in [-0.25, -0.2) is 0 Å². The van der Waals surface area contributed by atoms with Gasteiger partial charge in [-0.05, 0) is 39.0 Å². The molecule has 1 fully saturated rings. The van der Waals surface area contributed by atoms with Crippen molar-refractivity contribution in [1.82, 2.24) is 19.6 Å². The Hall–Kier alpha value is -2.54. The summed E-state index contributed by atoms with van der Waals surface area (Å²) in [5.41, 5.74) is 2.24. The lowest BCUT2D eigenvalue weighted by Crippen LogP contribution is -2.56. The number of amides is 1. The highest BCUT2D eigenvalue weighted by Gasteiger charge is 2.37. The van der Waals surface area contributed by atoms with Gasteiger partial charge in [0.25, 0.3) is 5.91 Å². The largest absolute Gasteiger partial charge is 0.482 e. The van der Waals surface area contributed by atoms with Crippen molar-refractivity contribution >= 4 is 5.91 Å². The van der Waals surface area contributed by atoms with Gasteiger partial charge in [-0.15, -0.1) is 0 Å². The predicted octanol–water partition coefficient (Wildman–Crippen LogP) is 1.87. The number of aryl methyl sites for hydroxylation is 2. The Morgan fingerprint density at radius 1 is 1.07 bits per heavy atom. The van der Waals surface area contributed by atoms with Crippen LogP contribution in [0, 0.1) is 13.8 Å². The number of nitrogens with zero attached hydrogens (tertiary/aromatic N) is 4. The molecule has 3 heterocycles. The number of piperazine rings is 1. The number of carbonyl (C=O) groups excluding carboxylic acids is 1. The van der Waals surface area contributed by atoms with Gasteiger partial charge in [0.05, 0.1) is 12.2 Å². The maximum Gasteiger partial charge on any atom is 0.267 e. The van der Waals surface area contributed by atoms with Gasteiger partial charge < -0.3 is 14.4 Å². The van der Waals surface area contributed by atoms with Gasteiger partial charge in [0.1, 0.15) is 6.10 Å². The van der Waals surface area contributed by atoms with Crippen molar-refractivity contribution in [1.29, 1.82) is 0 Å². The molecule has 150 valence electrons. The summed E-state index contributed by atoms with van der Waals surface area (Å²) in [5.74, 6) is 1.36. The summed E-state index contributed by atoms with van der Waals surface area (Å²) < 4.78 is 13.9. The van der Waals surface area contributed by atoms with Crippen molar-refractivity contribution in [3.8, 4) is 11.5 Å². The molecule has 1 amide bonds. The van der Waals surface area contributed by atoms with Crippen LogP contribution in [0.15, 0.2) is 30.3 Å². The van der Waals surface area contributed by atoms with Gasteiger partial charge in [0.2, 0.25) is 6.10 Å². The van der Waals surface area contributed by atoms with Crippen LogP contribution in [-0.2, 0) is 11.3 Å². The molecule has 0 bridgehead atoms. The fourth-order valence-corrected chi connectivity index (χ4v) is 3.90. The third kappa shape index (κ3) is 3.85. The Morgan fingerprint density at radius 3 is 2.39 bits per heavy atom. The molecule has 0 radical (unpaired) electrons. The SMILES string of the molecule is Cc1cc(C)n(CCN2CCN(C(=O)C3Oc4ccccc4OC3C)CC2)n1. The third-order valence-electron chi connectivity index (χ3n) is 5.50. The number of aromatic nitrogens is 2.